The first-order valence-electron chi connectivity index (χ1n) is 3.14. The summed E-state index contributed by atoms with van der Waals surface area (Å²) in [5.41, 5.74) is 0. The van der Waals surface area contributed by atoms with Gasteiger partial charge in [0.1, 0.15) is 5.76 Å². The number of alkyl halides is 3. The number of hydrogen-bond donors (Lipinski definition) is 0. The monoisotopic (exact) mass is 167 g/mol. The lowest BCUT2D eigenvalue weighted by atomic mass is 10.4. The van der Waals surface area contributed by atoms with Gasteiger partial charge in [0.25, 0.3) is 0 Å². The number of nitrogens with zero attached hydrogens (tertiary/aromatic N) is 1. The molecule has 1 aliphatic rings. The molecule has 0 N–H and O–H groups in total. The topological polar surface area (TPSA) is 12.5 Å². The average molecular weight is 167 g/mol. The van der Waals surface area contributed by atoms with E-state index < -0.39 is 6.36 Å². The van der Waals surface area contributed by atoms with Gasteiger partial charge in [-0.25, -0.2) is 0 Å². The van der Waals surface area contributed by atoms with Crippen molar-refractivity contribution in [3.63, 3.8) is 0 Å². The molecule has 0 saturated carbocycles. The number of rotatable bonds is 1. The van der Waals surface area contributed by atoms with E-state index in [9.17, 15) is 13.2 Å². The molecule has 0 radical (unpaired) electrons. The Morgan fingerprint density at radius 3 is 2.55 bits per heavy atom. The van der Waals surface area contributed by atoms with Crippen LogP contribution in [0.4, 0.5) is 13.2 Å². The fourth-order valence-electron chi connectivity index (χ4n) is 0.887. The van der Waals surface area contributed by atoms with Gasteiger partial charge in [0.05, 0.1) is 0 Å². The Bertz CT molecular complexity index is 175. The van der Waals surface area contributed by atoms with Gasteiger partial charge in [-0.3, -0.25) is 0 Å². The van der Waals surface area contributed by atoms with Crippen molar-refractivity contribution in [1.82, 2.24) is 4.90 Å². The molecule has 2 nitrogen and oxygen atoms in total. The summed E-state index contributed by atoms with van der Waals surface area (Å²) in [7, 11) is 1.70. The average Bonchev–Trinajstić information content (AvgIpc) is 2.10. The minimum absolute atomic E-state index is 0.0139. The molecule has 0 aromatic heterocycles. The lowest BCUT2D eigenvalue weighted by Crippen LogP contribution is -2.12. The molecule has 0 unspecified atom stereocenters. The van der Waals surface area contributed by atoms with Crippen molar-refractivity contribution in [1.29, 1.82) is 0 Å². The Morgan fingerprint density at radius 1 is 1.55 bits per heavy atom. The summed E-state index contributed by atoms with van der Waals surface area (Å²) in [5.74, 6) is -0.0139. The molecule has 0 aliphatic carbocycles. The Morgan fingerprint density at radius 2 is 2.18 bits per heavy atom. The standard InChI is InChI=1S/C6H8F3NO/c1-10-3-2-5(4-10)11-6(7,8)9/h4H,2-3H2,1H3. The Hall–Kier alpha value is -0.870. The SMILES string of the molecule is CN1C=C(OC(F)(F)F)CC1. The fourth-order valence-corrected chi connectivity index (χ4v) is 0.887. The minimum Gasteiger partial charge on any atom is -0.409 e. The maximum atomic E-state index is 11.6. The highest BCUT2D eigenvalue weighted by molar-refractivity contribution is 4.99. The van der Waals surface area contributed by atoms with Crippen molar-refractivity contribution in [3.05, 3.63) is 12.0 Å². The summed E-state index contributed by atoms with van der Waals surface area (Å²) >= 11 is 0. The van der Waals surface area contributed by atoms with Crippen molar-refractivity contribution in [3.8, 4) is 0 Å². The first-order chi connectivity index (χ1) is 4.97. The Kier molecular flexibility index (Phi) is 1.97. The summed E-state index contributed by atoms with van der Waals surface area (Å²) in [6.45, 7) is 0.589. The smallest absolute Gasteiger partial charge is 0.409 e. The molecule has 64 valence electrons. The molecule has 1 heterocycles. The van der Waals surface area contributed by atoms with Crippen molar-refractivity contribution in [2.24, 2.45) is 0 Å². The van der Waals surface area contributed by atoms with E-state index >= 15 is 0 Å². The molecular weight excluding hydrogens is 159 g/mol. The van der Waals surface area contributed by atoms with Crippen LogP contribution in [-0.4, -0.2) is 24.9 Å². The van der Waals surface area contributed by atoms with Gasteiger partial charge in [0.2, 0.25) is 0 Å². The summed E-state index contributed by atoms with van der Waals surface area (Å²) in [4.78, 5) is 1.65. The van der Waals surface area contributed by atoms with E-state index in [1.54, 1.807) is 11.9 Å². The molecule has 0 fully saturated rings. The lowest BCUT2D eigenvalue weighted by molar-refractivity contribution is -0.306. The molecule has 1 rings (SSSR count). The van der Waals surface area contributed by atoms with Gasteiger partial charge in [-0.15, -0.1) is 13.2 Å². The molecule has 0 saturated heterocycles. The summed E-state index contributed by atoms with van der Waals surface area (Å²) in [6, 6.07) is 0. The molecule has 0 spiro atoms. The predicted octanol–water partition coefficient (Wildman–Crippen LogP) is 1.70. The van der Waals surface area contributed by atoms with Gasteiger partial charge in [-0.2, -0.15) is 0 Å². The van der Waals surface area contributed by atoms with Crippen LogP contribution < -0.4 is 0 Å². The Labute approximate surface area is 62.2 Å². The van der Waals surface area contributed by atoms with Gasteiger partial charge < -0.3 is 9.64 Å². The molecule has 0 bridgehead atoms. The zero-order valence-electron chi connectivity index (χ0n) is 5.98. The Balaban J connectivity index is 2.45. The van der Waals surface area contributed by atoms with Crippen LogP contribution in [0, 0.1) is 0 Å². The van der Waals surface area contributed by atoms with Crippen LogP contribution in [-0.2, 0) is 4.74 Å². The van der Waals surface area contributed by atoms with E-state index in [4.69, 9.17) is 0 Å². The van der Waals surface area contributed by atoms with Crippen molar-refractivity contribution < 1.29 is 17.9 Å². The van der Waals surface area contributed by atoms with Gasteiger partial charge in [-0.1, -0.05) is 0 Å². The summed E-state index contributed by atoms with van der Waals surface area (Å²) in [5, 5.41) is 0. The van der Waals surface area contributed by atoms with E-state index in [2.05, 4.69) is 4.74 Å². The third kappa shape index (κ3) is 2.69. The third-order valence-electron chi connectivity index (χ3n) is 1.32. The molecule has 5 heteroatoms. The van der Waals surface area contributed by atoms with Gasteiger partial charge >= 0.3 is 6.36 Å². The first-order valence-corrected chi connectivity index (χ1v) is 3.14. The maximum absolute atomic E-state index is 11.6. The van der Waals surface area contributed by atoms with Crippen LogP contribution in [0.5, 0.6) is 0 Å². The number of halogens is 3. The second-order valence-electron chi connectivity index (χ2n) is 2.37. The lowest BCUT2D eigenvalue weighted by Gasteiger charge is -2.07. The van der Waals surface area contributed by atoms with E-state index in [-0.39, 0.29) is 5.76 Å². The second-order valence-corrected chi connectivity index (χ2v) is 2.37. The minimum atomic E-state index is -4.54. The quantitative estimate of drug-likeness (QED) is 0.589. The number of ether oxygens (including phenoxy) is 1. The van der Waals surface area contributed by atoms with Crippen LogP contribution in [0.3, 0.4) is 0 Å². The number of hydrogen-bond acceptors (Lipinski definition) is 2. The molecule has 1 aliphatic heterocycles. The van der Waals surface area contributed by atoms with Crippen LogP contribution in [0.1, 0.15) is 6.42 Å². The van der Waals surface area contributed by atoms with Crippen molar-refractivity contribution >= 4 is 0 Å². The van der Waals surface area contributed by atoms with Crippen LogP contribution in [0.15, 0.2) is 12.0 Å². The highest BCUT2D eigenvalue weighted by Crippen LogP contribution is 2.24. The molecule has 0 amide bonds. The molecule has 0 atom stereocenters. The zero-order chi connectivity index (χ0) is 8.48. The summed E-state index contributed by atoms with van der Waals surface area (Å²) < 4.78 is 38.3. The van der Waals surface area contributed by atoms with E-state index in [1.807, 2.05) is 0 Å². The molecule has 11 heavy (non-hydrogen) atoms. The second kappa shape index (κ2) is 2.64. The molecular formula is C6H8F3NO. The molecule has 0 aromatic rings. The van der Waals surface area contributed by atoms with Gasteiger partial charge in [-0.05, 0) is 0 Å². The maximum Gasteiger partial charge on any atom is 0.572 e. The van der Waals surface area contributed by atoms with Crippen molar-refractivity contribution in [2.75, 3.05) is 13.6 Å². The van der Waals surface area contributed by atoms with Gasteiger partial charge in [0, 0.05) is 26.2 Å². The predicted molar refractivity (Wildman–Crippen MR) is 32.5 cm³/mol. The van der Waals surface area contributed by atoms with E-state index in [0.717, 1.165) is 0 Å². The van der Waals surface area contributed by atoms with Crippen LogP contribution in [0.25, 0.3) is 0 Å². The van der Waals surface area contributed by atoms with E-state index in [1.165, 1.54) is 6.20 Å². The highest BCUT2D eigenvalue weighted by Gasteiger charge is 2.33. The van der Waals surface area contributed by atoms with Crippen LogP contribution >= 0.6 is 0 Å². The molecule has 0 aromatic carbocycles. The normalized spacial score (nSPS) is 18.5. The van der Waals surface area contributed by atoms with Crippen LogP contribution in [0.2, 0.25) is 0 Å². The van der Waals surface area contributed by atoms with Crippen molar-refractivity contribution in [2.45, 2.75) is 12.8 Å². The van der Waals surface area contributed by atoms with Gasteiger partial charge in [0.15, 0.2) is 0 Å². The largest absolute Gasteiger partial charge is 0.572 e. The highest BCUT2D eigenvalue weighted by atomic mass is 19.4. The zero-order valence-corrected chi connectivity index (χ0v) is 5.98. The third-order valence-corrected chi connectivity index (χ3v) is 1.32. The first kappa shape index (κ1) is 8.23. The van der Waals surface area contributed by atoms with E-state index in [0.29, 0.717) is 13.0 Å². The summed E-state index contributed by atoms with van der Waals surface area (Å²) in [6.07, 6.45) is -2.86. The fraction of sp³-hybridized carbons (Fsp3) is 0.667.